The standard InChI is InChI=1S/C20H21N3O3/c1-25-16-10-14(11-17(12-16)26-2)6-9-22-20(24)23-19-5-3-4-15-13-21-8-7-18(15)19/h3-5,7-8,10-13H,6,9H2,1-2H3,(H2,22,23,24). The molecule has 0 aliphatic heterocycles. The van der Waals surface area contributed by atoms with Crippen LogP contribution >= 0.6 is 0 Å². The van der Waals surface area contributed by atoms with E-state index in [0.717, 1.165) is 33.5 Å². The number of nitrogens with zero attached hydrogens (tertiary/aromatic N) is 1. The fourth-order valence-electron chi connectivity index (χ4n) is 2.73. The van der Waals surface area contributed by atoms with E-state index in [1.54, 1.807) is 26.6 Å². The maximum absolute atomic E-state index is 12.2. The molecule has 3 aromatic rings. The maximum atomic E-state index is 12.2. The van der Waals surface area contributed by atoms with Crippen molar-refractivity contribution in [1.82, 2.24) is 10.3 Å². The summed E-state index contributed by atoms with van der Waals surface area (Å²) in [6.45, 7) is 0.495. The summed E-state index contributed by atoms with van der Waals surface area (Å²) >= 11 is 0. The average Bonchev–Trinajstić information content (AvgIpc) is 2.68. The minimum Gasteiger partial charge on any atom is -0.497 e. The highest BCUT2D eigenvalue weighted by molar-refractivity contribution is 6.01. The first-order chi connectivity index (χ1) is 12.7. The van der Waals surface area contributed by atoms with Gasteiger partial charge in [0.2, 0.25) is 0 Å². The fourth-order valence-corrected chi connectivity index (χ4v) is 2.73. The van der Waals surface area contributed by atoms with Crippen LogP contribution in [-0.2, 0) is 6.42 Å². The zero-order chi connectivity index (χ0) is 18.4. The first-order valence-corrected chi connectivity index (χ1v) is 8.29. The predicted molar refractivity (Wildman–Crippen MR) is 102 cm³/mol. The van der Waals surface area contributed by atoms with Crippen LogP contribution < -0.4 is 20.1 Å². The number of fused-ring (bicyclic) bond motifs is 1. The number of carbonyl (C=O) groups is 1. The van der Waals surface area contributed by atoms with Gasteiger partial charge in [-0.3, -0.25) is 4.98 Å². The van der Waals surface area contributed by atoms with Gasteiger partial charge in [-0.25, -0.2) is 4.79 Å². The Balaban J connectivity index is 1.59. The molecule has 0 fully saturated rings. The van der Waals surface area contributed by atoms with E-state index in [0.29, 0.717) is 13.0 Å². The Morgan fingerprint density at radius 3 is 2.58 bits per heavy atom. The van der Waals surface area contributed by atoms with Gasteiger partial charge in [0.25, 0.3) is 0 Å². The van der Waals surface area contributed by atoms with Gasteiger partial charge >= 0.3 is 6.03 Å². The number of hydrogen-bond donors (Lipinski definition) is 2. The number of nitrogens with one attached hydrogen (secondary N) is 2. The highest BCUT2D eigenvalue weighted by Crippen LogP contribution is 2.23. The summed E-state index contributed by atoms with van der Waals surface area (Å²) in [5, 5.41) is 7.70. The van der Waals surface area contributed by atoms with E-state index in [9.17, 15) is 4.79 Å². The van der Waals surface area contributed by atoms with E-state index in [1.807, 2.05) is 42.5 Å². The van der Waals surface area contributed by atoms with Crippen molar-refractivity contribution in [3.8, 4) is 11.5 Å². The molecule has 0 atom stereocenters. The largest absolute Gasteiger partial charge is 0.497 e. The summed E-state index contributed by atoms with van der Waals surface area (Å²) < 4.78 is 10.5. The van der Waals surface area contributed by atoms with Crippen LogP contribution in [0.4, 0.5) is 10.5 Å². The van der Waals surface area contributed by atoms with E-state index >= 15 is 0 Å². The van der Waals surface area contributed by atoms with E-state index < -0.39 is 0 Å². The van der Waals surface area contributed by atoms with Crippen LogP contribution in [-0.4, -0.2) is 31.8 Å². The number of methoxy groups -OCH3 is 2. The molecule has 0 aliphatic carbocycles. The van der Waals surface area contributed by atoms with Crippen LogP contribution in [0.25, 0.3) is 10.8 Å². The van der Waals surface area contributed by atoms with Crippen LogP contribution in [0, 0.1) is 0 Å². The van der Waals surface area contributed by atoms with Gasteiger partial charge < -0.3 is 20.1 Å². The molecule has 134 valence electrons. The van der Waals surface area contributed by atoms with Crippen molar-refractivity contribution in [2.45, 2.75) is 6.42 Å². The highest BCUT2D eigenvalue weighted by atomic mass is 16.5. The molecule has 6 nitrogen and oxygen atoms in total. The van der Waals surface area contributed by atoms with Crippen LogP contribution in [0.3, 0.4) is 0 Å². The molecule has 2 N–H and O–H groups in total. The molecule has 0 aliphatic rings. The molecule has 2 aromatic carbocycles. The number of anilines is 1. The Morgan fingerprint density at radius 1 is 1.08 bits per heavy atom. The average molecular weight is 351 g/mol. The Hall–Kier alpha value is -3.28. The molecular weight excluding hydrogens is 330 g/mol. The zero-order valence-corrected chi connectivity index (χ0v) is 14.8. The molecule has 3 rings (SSSR count). The lowest BCUT2D eigenvalue weighted by molar-refractivity contribution is 0.252. The Kier molecular flexibility index (Phi) is 5.53. The number of amides is 2. The number of hydrogen-bond acceptors (Lipinski definition) is 4. The van der Waals surface area contributed by atoms with E-state index in [1.165, 1.54) is 0 Å². The van der Waals surface area contributed by atoms with E-state index in [4.69, 9.17) is 9.47 Å². The predicted octanol–water partition coefficient (Wildman–Crippen LogP) is 3.62. The fraction of sp³-hybridized carbons (Fsp3) is 0.200. The lowest BCUT2D eigenvalue weighted by atomic mass is 10.1. The van der Waals surface area contributed by atoms with Crippen LogP contribution in [0.2, 0.25) is 0 Å². The van der Waals surface area contributed by atoms with Gasteiger partial charge in [0, 0.05) is 35.8 Å². The third kappa shape index (κ3) is 4.22. The van der Waals surface area contributed by atoms with Crippen molar-refractivity contribution in [1.29, 1.82) is 0 Å². The number of rotatable bonds is 6. The summed E-state index contributed by atoms with van der Waals surface area (Å²) in [7, 11) is 3.23. The molecular formula is C20H21N3O3. The van der Waals surface area contributed by atoms with Crippen LogP contribution in [0.15, 0.2) is 54.9 Å². The molecule has 0 unspecified atom stereocenters. The molecule has 0 saturated heterocycles. The topological polar surface area (TPSA) is 72.5 Å². The molecule has 26 heavy (non-hydrogen) atoms. The zero-order valence-electron chi connectivity index (χ0n) is 14.8. The highest BCUT2D eigenvalue weighted by Gasteiger charge is 2.06. The molecule has 1 aromatic heterocycles. The maximum Gasteiger partial charge on any atom is 0.319 e. The number of pyridine rings is 1. The molecule has 1 heterocycles. The summed E-state index contributed by atoms with van der Waals surface area (Å²) in [5.74, 6) is 1.46. The van der Waals surface area contributed by atoms with Crippen molar-refractivity contribution >= 4 is 22.5 Å². The van der Waals surface area contributed by atoms with Crippen molar-refractivity contribution < 1.29 is 14.3 Å². The van der Waals surface area contributed by atoms with Crippen LogP contribution in [0.5, 0.6) is 11.5 Å². The summed E-state index contributed by atoms with van der Waals surface area (Å²) in [6.07, 6.45) is 4.15. The molecule has 6 heteroatoms. The Labute approximate surface area is 152 Å². The molecule has 2 amide bonds. The molecule has 0 radical (unpaired) electrons. The number of ether oxygens (including phenoxy) is 2. The van der Waals surface area contributed by atoms with Gasteiger partial charge in [0.1, 0.15) is 11.5 Å². The first-order valence-electron chi connectivity index (χ1n) is 8.29. The van der Waals surface area contributed by atoms with E-state index in [2.05, 4.69) is 15.6 Å². The van der Waals surface area contributed by atoms with Gasteiger partial charge in [-0.05, 0) is 36.2 Å². The SMILES string of the molecule is COc1cc(CCNC(=O)Nc2cccc3cnccc23)cc(OC)c1. The monoisotopic (exact) mass is 351 g/mol. The van der Waals surface area contributed by atoms with Gasteiger partial charge in [-0.15, -0.1) is 0 Å². The normalized spacial score (nSPS) is 10.4. The summed E-state index contributed by atoms with van der Waals surface area (Å²) in [4.78, 5) is 16.3. The third-order valence-electron chi connectivity index (χ3n) is 4.04. The minimum atomic E-state index is -0.246. The summed E-state index contributed by atoms with van der Waals surface area (Å²) in [6, 6.07) is 13.0. The quantitative estimate of drug-likeness (QED) is 0.711. The number of aromatic nitrogens is 1. The lowest BCUT2D eigenvalue weighted by Gasteiger charge is -2.11. The second-order valence-corrected chi connectivity index (χ2v) is 5.75. The van der Waals surface area contributed by atoms with Crippen LogP contribution in [0.1, 0.15) is 5.56 Å². The summed E-state index contributed by atoms with van der Waals surface area (Å²) in [5.41, 5.74) is 1.78. The second kappa shape index (κ2) is 8.20. The Bertz CT molecular complexity index is 884. The van der Waals surface area contributed by atoms with Gasteiger partial charge in [-0.1, -0.05) is 12.1 Å². The number of carbonyl (C=O) groups excluding carboxylic acids is 1. The smallest absolute Gasteiger partial charge is 0.319 e. The van der Waals surface area contributed by atoms with E-state index in [-0.39, 0.29) is 6.03 Å². The van der Waals surface area contributed by atoms with Crippen molar-refractivity contribution in [2.75, 3.05) is 26.1 Å². The lowest BCUT2D eigenvalue weighted by Crippen LogP contribution is -2.30. The van der Waals surface area contributed by atoms with Gasteiger partial charge in [-0.2, -0.15) is 0 Å². The number of urea groups is 1. The number of benzene rings is 2. The van der Waals surface area contributed by atoms with Crippen molar-refractivity contribution in [3.63, 3.8) is 0 Å². The molecule has 0 saturated carbocycles. The van der Waals surface area contributed by atoms with Gasteiger partial charge in [0.05, 0.1) is 19.9 Å². The molecule has 0 bridgehead atoms. The van der Waals surface area contributed by atoms with Crippen molar-refractivity contribution in [2.24, 2.45) is 0 Å². The molecule has 0 spiro atoms. The second-order valence-electron chi connectivity index (χ2n) is 5.75. The van der Waals surface area contributed by atoms with Crippen molar-refractivity contribution in [3.05, 3.63) is 60.4 Å². The Morgan fingerprint density at radius 2 is 1.85 bits per heavy atom. The third-order valence-corrected chi connectivity index (χ3v) is 4.04. The van der Waals surface area contributed by atoms with Gasteiger partial charge in [0.15, 0.2) is 0 Å². The minimum absolute atomic E-state index is 0.246. The first kappa shape index (κ1) is 17.5.